The second kappa shape index (κ2) is 8.23. The number of nitrogens with zero attached hydrogens (tertiary/aromatic N) is 1. The highest BCUT2D eigenvalue weighted by molar-refractivity contribution is 6.33. The first kappa shape index (κ1) is 21.4. The predicted molar refractivity (Wildman–Crippen MR) is 104 cm³/mol. The number of amides is 1. The van der Waals surface area contributed by atoms with Gasteiger partial charge in [0, 0.05) is 35.3 Å². The van der Waals surface area contributed by atoms with Crippen LogP contribution < -0.4 is 10.1 Å². The molecule has 3 rings (SSSR count). The summed E-state index contributed by atoms with van der Waals surface area (Å²) < 4.78 is 41.4. The van der Waals surface area contributed by atoms with E-state index in [0.717, 1.165) is 11.8 Å². The molecule has 0 aliphatic rings. The van der Waals surface area contributed by atoms with E-state index >= 15 is 0 Å². The molecular formula is C19H15ClF3N3O4. The summed E-state index contributed by atoms with van der Waals surface area (Å²) in [4.78, 5) is 25.7. The maximum atomic E-state index is 12.5. The van der Waals surface area contributed by atoms with Crippen LogP contribution in [0.1, 0.15) is 21.6 Å². The van der Waals surface area contributed by atoms with E-state index in [1.165, 1.54) is 30.3 Å². The number of aromatic amines is 1. The molecule has 1 heterocycles. The molecule has 0 aliphatic carbocycles. The molecule has 0 bridgehead atoms. The Balaban J connectivity index is 1.75. The van der Waals surface area contributed by atoms with E-state index in [-0.39, 0.29) is 28.6 Å². The van der Waals surface area contributed by atoms with Crippen LogP contribution in [0.25, 0.3) is 10.9 Å². The van der Waals surface area contributed by atoms with Crippen molar-refractivity contribution < 1.29 is 27.6 Å². The van der Waals surface area contributed by atoms with Crippen molar-refractivity contribution in [2.45, 2.75) is 19.7 Å². The van der Waals surface area contributed by atoms with Crippen molar-refractivity contribution in [2.24, 2.45) is 0 Å². The Morgan fingerprint density at radius 1 is 1.27 bits per heavy atom. The first-order valence-electron chi connectivity index (χ1n) is 8.64. The molecule has 0 aliphatic heterocycles. The second-order valence-electron chi connectivity index (χ2n) is 6.41. The van der Waals surface area contributed by atoms with Gasteiger partial charge in [-0.3, -0.25) is 14.9 Å². The van der Waals surface area contributed by atoms with Crippen molar-refractivity contribution in [1.29, 1.82) is 0 Å². The minimum absolute atomic E-state index is 0.0395. The number of ether oxygens (including phenoxy) is 1. The van der Waals surface area contributed by atoms with Crippen LogP contribution in [0.4, 0.5) is 18.9 Å². The van der Waals surface area contributed by atoms with Gasteiger partial charge in [0.2, 0.25) is 0 Å². The maximum Gasteiger partial charge on any atom is 0.573 e. The molecule has 11 heteroatoms. The van der Waals surface area contributed by atoms with E-state index in [0.29, 0.717) is 22.9 Å². The molecule has 2 N–H and O–H groups in total. The van der Waals surface area contributed by atoms with Gasteiger partial charge in [0.25, 0.3) is 11.6 Å². The van der Waals surface area contributed by atoms with Crippen molar-refractivity contribution in [3.8, 4) is 5.75 Å². The number of nitrogens with one attached hydrogen (secondary N) is 2. The van der Waals surface area contributed by atoms with Crippen molar-refractivity contribution in [3.05, 3.63) is 68.4 Å². The second-order valence-corrected chi connectivity index (χ2v) is 6.82. The van der Waals surface area contributed by atoms with Crippen LogP contribution in [-0.2, 0) is 6.42 Å². The van der Waals surface area contributed by atoms with Gasteiger partial charge in [-0.05, 0) is 43.2 Å². The summed E-state index contributed by atoms with van der Waals surface area (Å²) >= 11 is 5.95. The van der Waals surface area contributed by atoms with Gasteiger partial charge >= 0.3 is 6.36 Å². The fourth-order valence-electron chi connectivity index (χ4n) is 3.08. The molecule has 0 unspecified atom stereocenters. The number of alkyl halides is 3. The quantitative estimate of drug-likeness (QED) is 0.419. The van der Waals surface area contributed by atoms with E-state index in [1.807, 2.05) is 0 Å². The van der Waals surface area contributed by atoms with Crippen LogP contribution >= 0.6 is 11.6 Å². The number of benzene rings is 2. The number of halogens is 4. The number of carbonyl (C=O) groups excluding carboxylic acids is 1. The number of hydrogen-bond acceptors (Lipinski definition) is 4. The van der Waals surface area contributed by atoms with Crippen LogP contribution in [0.5, 0.6) is 5.75 Å². The summed E-state index contributed by atoms with van der Waals surface area (Å²) in [6, 6.07) is 7.50. The van der Waals surface area contributed by atoms with Crippen LogP contribution in [0, 0.1) is 17.0 Å². The molecule has 1 aromatic heterocycles. The lowest BCUT2D eigenvalue weighted by atomic mass is 10.1. The highest BCUT2D eigenvalue weighted by Gasteiger charge is 2.31. The number of nitro groups is 1. The topological polar surface area (TPSA) is 97.3 Å². The number of non-ortho nitro benzene ring substituents is 1. The van der Waals surface area contributed by atoms with E-state index in [9.17, 15) is 28.1 Å². The maximum absolute atomic E-state index is 12.5. The number of aromatic nitrogens is 1. The Morgan fingerprint density at radius 2 is 2.00 bits per heavy atom. The molecular weight excluding hydrogens is 427 g/mol. The van der Waals surface area contributed by atoms with Crippen molar-refractivity contribution >= 4 is 34.1 Å². The Morgan fingerprint density at radius 3 is 2.67 bits per heavy atom. The van der Waals surface area contributed by atoms with Crippen LogP contribution in [-0.4, -0.2) is 28.7 Å². The molecule has 0 fully saturated rings. The predicted octanol–water partition coefficient (Wildman–Crippen LogP) is 4.91. The Bertz CT molecular complexity index is 1130. The molecule has 0 radical (unpaired) electrons. The molecule has 0 spiro atoms. The molecule has 3 aromatic rings. The standard InChI is InChI=1S/C19H15ClF3N3O4/c1-10-13(14-9-12(30-19(21,22)23)3-5-17(14)25-10)6-7-24-18(27)15-8-11(26(28)29)2-4-16(15)20/h2-5,8-9,25H,6-7H2,1H3,(H,24,27). The van der Waals surface area contributed by atoms with Gasteiger partial charge in [-0.15, -0.1) is 13.2 Å². The first-order valence-corrected chi connectivity index (χ1v) is 9.02. The number of aryl methyl sites for hydroxylation is 1. The zero-order valence-corrected chi connectivity index (χ0v) is 16.2. The molecule has 7 nitrogen and oxygen atoms in total. The lowest BCUT2D eigenvalue weighted by molar-refractivity contribution is -0.384. The molecule has 0 saturated carbocycles. The summed E-state index contributed by atoms with van der Waals surface area (Å²) in [5.74, 6) is -0.940. The molecule has 158 valence electrons. The van der Waals surface area contributed by atoms with Crippen LogP contribution in [0.3, 0.4) is 0 Å². The van der Waals surface area contributed by atoms with Gasteiger partial charge in [-0.2, -0.15) is 0 Å². The van der Waals surface area contributed by atoms with E-state index in [1.54, 1.807) is 6.92 Å². The van der Waals surface area contributed by atoms with Gasteiger partial charge in [-0.1, -0.05) is 11.6 Å². The van der Waals surface area contributed by atoms with E-state index < -0.39 is 17.2 Å². The Kier molecular flexibility index (Phi) is 5.88. The van der Waals surface area contributed by atoms with Gasteiger partial charge in [0.15, 0.2) is 0 Å². The Hall–Kier alpha value is -3.27. The number of H-pyrrole nitrogens is 1. The van der Waals surface area contributed by atoms with Gasteiger partial charge in [-0.25, -0.2) is 0 Å². The number of rotatable bonds is 6. The third kappa shape index (κ3) is 4.82. The number of nitro benzene ring substituents is 1. The molecule has 0 saturated heterocycles. The number of hydrogen-bond donors (Lipinski definition) is 2. The fraction of sp³-hybridized carbons (Fsp3) is 0.211. The summed E-state index contributed by atoms with van der Waals surface area (Å²) in [6.07, 6.45) is -4.50. The summed E-state index contributed by atoms with van der Waals surface area (Å²) in [6.45, 7) is 1.90. The minimum Gasteiger partial charge on any atom is -0.406 e. The van der Waals surface area contributed by atoms with Gasteiger partial charge < -0.3 is 15.0 Å². The zero-order chi connectivity index (χ0) is 22.1. The molecule has 2 aromatic carbocycles. The summed E-state index contributed by atoms with van der Waals surface area (Å²) in [7, 11) is 0. The molecule has 30 heavy (non-hydrogen) atoms. The molecule has 0 atom stereocenters. The third-order valence-corrected chi connectivity index (χ3v) is 4.72. The van der Waals surface area contributed by atoms with Crippen molar-refractivity contribution in [1.82, 2.24) is 10.3 Å². The van der Waals surface area contributed by atoms with Crippen molar-refractivity contribution in [3.63, 3.8) is 0 Å². The van der Waals surface area contributed by atoms with Crippen molar-refractivity contribution in [2.75, 3.05) is 6.54 Å². The van der Waals surface area contributed by atoms with Crippen LogP contribution in [0.15, 0.2) is 36.4 Å². The summed E-state index contributed by atoms with van der Waals surface area (Å²) in [5, 5.41) is 14.1. The lowest BCUT2D eigenvalue weighted by Gasteiger charge is -2.09. The van der Waals surface area contributed by atoms with E-state index in [4.69, 9.17) is 11.6 Å². The lowest BCUT2D eigenvalue weighted by Crippen LogP contribution is -2.26. The Labute approximate surface area is 172 Å². The fourth-order valence-corrected chi connectivity index (χ4v) is 3.28. The first-order chi connectivity index (χ1) is 14.0. The van der Waals surface area contributed by atoms with E-state index in [2.05, 4.69) is 15.0 Å². The number of fused-ring (bicyclic) bond motifs is 1. The average Bonchev–Trinajstić information content (AvgIpc) is 2.95. The number of carbonyl (C=O) groups is 1. The summed E-state index contributed by atoms with van der Waals surface area (Å²) in [5.41, 5.74) is 1.77. The van der Waals surface area contributed by atoms with Gasteiger partial charge in [0.1, 0.15) is 5.75 Å². The SMILES string of the molecule is Cc1[nH]c2ccc(OC(F)(F)F)cc2c1CCNC(=O)c1cc([N+](=O)[O-])ccc1Cl. The zero-order valence-electron chi connectivity index (χ0n) is 15.5. The highest BCUT2D eigenvalue weighted by Crippen LogP contribution is 2.30. The monoisotopic (exact) mass is 441 g/mol. The largest absolute Gasteiger partial charge is 0.573 e. The minimum atomic E-state index is -4.80. The normalized spacial score (nSPS) is 11.5. The van der Waals surface area contributed by atoms with Gasteiger partial charge in [0.05, 0.1) is 15.5 Å². The molecule has 1 amide bonds. The third-order valence-electron chi connectivity index (χ3n) is 4.39. The highest BCUT2D eigenvalue weighted by atomic mass is 35.5. The average molecular weight is 442 g/mol. The van der Waals surface area contributed by atoms with Crippen LogP contribution in [0.2, 0.25) is 5.02 Å². The smallest absolute Gasteiger partial charge is 0.406 e.